The lowest BCUT2D eigenvalue weighted by molar-refractivity contribution is -0.131. The molecule has 0 aromatic carbocycles. The predicted octanol–water partition coefficient (Wildman–Crippen LogP) is 5.95. The van der Waals surface area contributed by atoms with Crippen molar-refractivity contribution in [3.05, 3.63) is 23.3 Å². The van der Waals surface area contributed by atoms with E-state index < -0.39 is 5.41 Å². The van der Waals surface area contributed by atoms with Gasteiger partial charge in [0.25, 0.3) is 0 Å². The molecule has 3 nitrogen and oxygen atoms in total. The summed E-state index contributed by atoms with van der Waals surface area (Å²) in [6.07, 6.45) is 12.7. The van der Waals surface area contributed by atoms with E-state index >= 15 is 0 Å². The van der Waals surface area contributed by atoms with Crippen LogP contribution in [0.25, 0.3) is 0 Å². The van der Waals surface area contributed by atoms with Crippen molar-refractivity contribution >= 4 is 11.6 Å². The first kappa shape index (κ1) is 20.6. The molecule has 4 aliphatic carbocycles. The van der Waals surface area contributed by atoms with E-state index in [4.69, 9.17) is 0 Å². The van der Waals surface area contributed by atoms with Gasteiger partial charge in [0.2, 0.25) is 0 Å². The molecule has 3 heteroatoms. The minimum absolute atomic E-state index is 0.0579. The Morgan fingerprint density at radius 1 is 1.10 bits per heavy atom. The number of fused-ring (bicyclic) bond motifs is 5. The summed E-state index contributed by atoms with van der Waals surface area (Å²) in [5.41, 5.74) is 0.781. The lowest BCUT2D eigenvalue weighted by atomic mass is 9.44. The minimum Gasteiger partial charge on any atom is -0.299 e. The highest BCUT2D eigenvalue weighted by atomic mass is 16.1. The van der Waals surface area contributed by atoms with Gasteiger partial charge in [-0.05, 0) is 56.3 Å². The van der Waals surface area contributed by atoms with Crippen LogP contribution in [0.2, 0.25) is 0 Å². The molecule has 0 aliphatic heterocycles. The lowest BCUT2D eigenvalue weighted by Gasteiger charge is -2.58. The molecule has 0 radical (unpaired) electrons. The zero-order valence-electron chi connectivity index (χ0n) is 18.5. The fourth-order valence-electron chi connectivity index (χ4n) is 8.00. The normalized spacial score (nSPS) is 40.3. The van der Waals surface area contributed by atoms with Crippen LogP contribution in [0.1, 0.15) is 85.5 Å². The van der Waals surface area contributed by atoms with E-state index in [2.05, 4.69) is 39.8 Å². The number of carbonyl (C=O) groups is 2. The number of allylic oxidation sites excluding steroid dienone is 4. The van der Waals surface area contributed by atoms with E-state index in [-0.39, 0.29) is 16.6 Å². The van der Waals surface area contributed by atoms with Crippen LogP contribution in [-0.2, 0) is 9.59 Å². The van der Waals surface area contributed by atoms with Crippen LogP contribution >= 0.6 is 0 Å². The fourth-order valence-corrected chi connectivity index (χ4v) is 8.00. The molecule has 4 aliphatic rings. The standard InChI is InChI=1S/C26H35NO2/c1-5-12-26(13-6-2)21-9-7-18-19-8-10-22(28)24(19,3)14-11-20(18)25(21,4)15-17(16-27)23(26)29/h9,15,18-20H,5-8,10-14H2,1-4H3/t18-,19-,20-,24-,25+/m0/s1. The monoisotopic (exact) mass is 393 g/mol. The van der Waals surface area contributed by atoms with Crippen LogP contribution in [0.5, 0.6) is 0 Å². The van der Waals surface area contributed by atoms with Crippen LogP contribution in [0.3, 0.4) is 0 Å². The quantitative estimate of drug-likeness (QED) is 0.554. The molecule has 0 aromatic heterocycles. The van der Waals surface area contributed by atoms with Gasteiger partial charge in [0.15, 0.2) is 5.78 Å². The second-order valence-corrected chi connectivity index (χ2v) is 10.5. The molecule has 2 saturated carbocycles. The Morgan fingerprint density at radius 2 is 1.79 bits per heavy atom. The number of hydrogen-bond donors (Lipinski definition) is 0. The summed E-state index contributed by atoms with van der Waals surface area (Å²) in [6, 6.07) is 2.27. The zero-order chi connectivity index (χ0) is 21.0. The molecule has 2 fully saturated rings. The molecule has 0 bridgehead atoms. The van der Waals surface area contributed by atoms with Gasteiger partial charge >= 0.3 is 0 Å². The summed E-state index contributed by atoms with van der Waals surface area (Å²) in [7, 11) is 0. The summed E-state index contributed by atoms with van der Waals surface area (Å²) >= 11 is 0. The smallest absolute Gasteiger partial charge is 0.183 e. The Bertz CT molecular complexity index is 837. The highest BCUT2D eigenvalue weighted by Crippen LogP contribution is 2.66. The molecule has 0 unspecified atom stereocenters. The van der Waals surface area contributed by atoms with Crippen molar-refractivity contribution in [3.63, 3.8) is 0 Å². The maximum atomic E-state index is 13.5. The molecule has 0 amide bonds. The Morgan fingerprint density at radius 3 is 2.41 bits per heavy atom. The first-order chi connectivity index (χ1) is 13.8. The van der Waals surface area contributed by atoms with Gasteiger partial charge in [-0.1, -0.05) is 58.3 Å². The van der Waals surface area contributed by atoms with Gasteiger partial charge in [0.05, 0.1) is 11.0 Å². The summed E-state index contributed by atoms with van der Waals surface area (Å²) in [4.78, 5) is 26.2. The van der Waals surface area contributed by atoms with Crippen molar-refractivity contribution in [2.75, 3.05) is 0 Å². The molecule has 0 saturated heterocycles. The van der Waals surface area contributed by atoms with E-state index in [1.807, 2.05) is 6.08 Å². The van der Waals surface area contributed by atoms with Crippen molar-refractivity contribution < 1.29 is 9.59 Å². The van der Waals surface area contributed by atoms with Gasteiger partial charge in [-0.3, -0.25) is 9.59 Å². The van der Waals surface area contributed by atoms with Crippen LogP contribution in [0.15, 0.2) is 23.3 Å². The predicted molar refractivity (Wildman–Crippen MR) is 114 cm³/mol. The highest BCUT2D eigenvalue weighted by molar-refractivity contribution is 6.06. The third-order valence-corrected chi connectivity index (χ3v) is 9.20. The number of Topliss-reactive ketones (excluding diaryl/α,β-unsaturated/α-hetero) is 2. The lowest BCUT2D eigenvalue weighted by Crippen LogP contribution is -2.54. The molecule has 156 valence electrons. The average molecular weight is 394 g/mol. The van der Waals surface area contributed by atoms with Gasteiger partial charge in [-0.15, -0.1) is 0 Å². The van der Waals surface area contributed by atoms with Gasteiger partial charge in [0, 0.05) is 17.3 Å². The number of ketones is 2. The Kier molecular flexibility index (Phi) is 4.92. The first-order valence-corrected chi connectivity index (χ1v) is 11.7. The number of carbonyl (C=O) groups excluding carboxylic acids is 2. The molecular formula is C26H35NO2. The number of rotatable bonds is 4. The van der Waals surface area contributed by atoms with Crippen molar-refractivity contribution in [1.82, 2.24) is 0 Å². The Balaban J connectivity index is 1.86. The summed E-state index contributed by atoms with van der Waals surface area (Å²) in [6.45, 7) is 8.78. The molecule has 0 aromatic rings. The fraction of sp³-hybridized carbons (Fsp3) is 0.731. The van der Waals surface area contributed by atoms with Crippen molar-refractivity contribution in [3.8, 4) is 6.07 Å². The number of nitrogens with zero attached hydrogens (tertiary/aromatic N) is 1. The molecule has 29 heavy (non-hydrogen) atoms. The molecule has 0 N–H and O–H groups in total. The van der Waals surface area contributed by atoms with Crippen LogP contribution in [0.4, 0.5) is 0 Å². The van der Waals surface area contributed by atoms with Gasteiger partial charge in [0.1, 0.15) is 11.9 Å². The maximum Gasteiger partial charge on any atom is 0.183 e. The van der Waals surface area contributed by atoms with E-state index in [1.165, 1.54) is 5.57 Å². The minimum atomic E-state index is -0.505. The summed E-state index contributed by atoms with van der Waals surface area (Å²) in [5.74, 6) is 1.88. The van der Waals surface area contributed by atoms with Crippen molar-refractivity contribution in [2.24, 2.45) is 34.0 Å². The highest BCUT2D eigenvalue weighted by Gasteiger charge is 2.62. The van der Waals surface area contributed by atoms with E-state index in [0.29, 0.717) is 29.1 Å². The first-order valence-electron chi connectivity index (χ1n) is 11.7. The SMILES string of the molecule is CCCC1(CCC)C(=O)C(C#N)=C[C@@]2(C)C1=CC[C@@H]1[C@@H]2CC[C@]2(C)C(=O)CC[C@@H]12. The van der Waals surface area contributed by atoms with E-state index in [0.717, 1.165) is 57.8 Å². The van der Waals surface area contributed by atoms with Gasteiger partial charge < -0.3 is 0 Å². The molecule has 4 rings (SSSR count). The average Bonchev–Trinajstić information content (AvgIpc) is 3.00. The largest absolute Gasteiger partial charge is 0.299 e. The maximum absolute atomic E-state index is 13.5. The molecule has 5 atom stereocenters. The molecule has 0 spiro atoms. The van der Waals surface area contributed by atoms with Crippen LogP contribution in [-0.4, -0.2) is 11.6 Å². The number of nitriles is 1. The Labute approximate surface area is 175 Å². The molecular weight excluding hydrogens is 358 g/mol. The van der Waals surface area contributed by atoms with Crippen molar-refractivity contribution in [2.45, 2.75) is 85.5 Å². The second-order valence-electron chi connectivity index (χ2n) is 10.5. The Hall–Kier alpha value is -1.69. The zero-order valence-corrected chi connectivity index (χ0v) is 18.5. The summed E-state index contributed by atoms with van der Waals surface area (Å²) in [5, 5.41) is 9.85. The van der Waals surface area contributed by atoms with Gasteiger partial charge in [-0.2, -0.15) is 5.26 Å². The third-order valence-electron chi connectivity index (χ3n) is 9.20. The van der Waals surface area contributed by atoms with Gasteiger partial charge in [-0.25, -0.2) is 0 Å². The van der Waals surface area contributed by atoms with E-state index in [9.17, 15) is 14.9 Å². The topological polar surface area (TPSA) is 57.9 Å². The summed E-state index contributed by atoms with van der Waals surface area (Å²) < 4.78 is 0. The van der Waals surface area contributed by atoms with Crippen LogP contribution < -0.4 is 0 Å². The third kappa shape index (κ3) is 2.60. The molecule has 0 heterocycles. The van der Waals surface area contributed by atoms with Crippen molar-refractivity contribution in [1.29, 1.82) is 5.26 Å². The second kappa shape index (κ2) is 6.93. The van der Waals surface area contributed by atoms with E-state index in [1.54, 1.807) is 0 Å². The van der Waals surface area contributed by atoms with Crippen LogP contribution in [0, 0.1) is 45.3 Å². The number of hydrogen-bond acceptors (Lipinski definition) is 3.